The number of hydrogen-bond acceptors (Lipinski definition) is 4. The van der Waals surface area contributed by atoms with E-state index < -0.39 is 22.8 Å². The molecule has 2 heterocycles. The van der Waals surface area contributed by atoms with E-state index in [0.717, 1.165) is 80.4 Å². The average Bonchev–Trinajstić information content (AvgIpc) is 1.59. The summed E-state index contributed by atoms with van der Waals surface area (Å²) in [4.78, 5) is 0. The Balaban J connectivity index is 0.000000239. The van der Waals surface area contributed by atoms with Crippen LogP contribution >= 0.6 is 18.6 Å². The summed E-state index contributed by atoms with van der Waals surface area (Å²) < 4.78 is 41.0. The molecule has 518 valence electrons. The molecule has 0 fully saturated rings. The Kier molecular flexibility index (Phi) is 22.1. The molecule has 0 saturated carbocycles. The Morgan fingerprint density at radius 3 is 1.00 bits per heavy atom. The summed E-state index contributed by atoms with van der Waals surface area (Å²) in [5.74, 6) is -0.0995. The third-order valence-corrected chi connectivity index (χ3v) is 19.0. The zero-order valence-corrected chi connectivity index (χ0v) is 65.8. The van der Waals surface area contributed by atoms with Crippen LogP contribution in [0.3, 0.4) is 0 Å². The van der Waals surface area contributed by atoms with E-state index in [-0.39, 0.29) is 71.9 Å². The summed E-state index contributed by atoms with van der Waals surface area (Å²) in [6.45, 7) is 55.3. The van der Waals surface area contributed by atoms with Gasteiger partial charge in [-0.15, -0.1) is 0 Å². The minimum absolute atomic E-state index is 0.00623. The molecule has 0 unspecified atom stereocenters. The van der Waals surface area contributed by atoms with Gasteiger partial charge in [-0.05, 0) is 194 Å². The van der Waals surface area contributed by atoms with E-state index in [9.17, 15) is 19.7 Å². The standard InChI is InChI=1S/C45H58FNO2.C41H50FNO2.2ClH.Ti/c1-14-15-20-49-41-28(2)21-32(46)26-36(41)35-22-31(45(12,13)27-42(3,4)5)25-39(40(35)48)47-37-23-29(43(6,7)8)16-18-33(37)34-19-17-30(24-38(34)47)44(9,10)11;1-24-17-28(42)22-32(36(24)44)31-18-27(41(11,12)23-38(2,3)4)21-35(37(31)45)43-33-19-25(39(5,6)7)13-15-29(33)30-16-14-26(20-34(30)43)40(8,9)10;;;/h16-19,21-26,48H,14-15,20,27H2,1-13H3;13-22,44-45H,23H2,1-12H3;2*1H;/q;;;;+2/p-2. The number of aromatic hydroxyl groups is 3. The van der Waals surface area contributed by atoms with Crippen molar-refractivity contribution in [1.29, 1.82) is 0 Å². The van der Waals surface area contributed by atoms with Gasteiger partial charge in [0.25, 0.3) is 0 Å². The van der Waals surface area contributed by atoms with E-state index in [4.69, 9.17) is 23.3 Å². The fraction of sp³-hybridized carbons (Fsp3) is 0.442. The molecule has 0 radical (unpaired) electrons. The van der Waals surface area contributed by atoms with Crippen molar-refractivity contribution < 1.29 is 45.9 Å². The summed E-state index contributed by atoms with van der Waals surface area (Å²) in [7, 11) is 9.78. The monoisotopic (exact) mass is 1390 g/mol. The molecule has 6 nitrogen and oxygen atoms in total. The van der Waals surface area contributed by atoms with Crippen molar-refractivity contribution in [3.05, 3.63) is 177 Å². The number of unbranched alkanes of at least 4 members (excludes halogenated alkanes) is 1. The molecular weight excluding hydrogens is 1280 g/mol. The van der Waals surface area contributed by atoms with Crippen molar-refractivity contribution in [2.24, 2.45) is 10.8 Å². The number of rotatable bonds is 12. The predicted molar refractivity (Wildman–Crippen MR) is 408 cm³/mol. The molecule has 2 aromatic heterocycles. The summed E-state index contributed by atoms with van der Waals surface area (Å²) in [6.07, 6.45) is 3.68. The zero-order valence-electron chi connectivity index (χ0n) is 62.7. The number of hydrogen-bond donors (Lipinski definition) is 3. The maximum atomic E-state index is 15.3. The molecule has 97 heavy (non-hydrogen) atoms. The van der Waals surface area contributed by atoms with Gasteiger partial charge in [0.2, 0.25) is 0 Å². The van der Waals surface area contributed by atoms with Crippen LogP contribution < -0.4 is 4.74 Å². The molecule has 0 bridgehead atoms. The Hall–Kier alpha value is -6.29. The predicted octanol–water partition coefficient (Wildman–Crippen LogP) is 26.1. The normalized spacial score (nSPS) is 12.9. The fourth-order valence-electron chi connectivity index (χ4n) is 14.4. The van der Waals surface area contributed by atoms with Crippen LogP contribution in [-0.2, 0) is 49.5 Å². The van der Waals surface area contributed by atoms with Gasteiger partial charge in [0, 0.05) is 43.8 Å². The molecular formula is C86H108Cl2F2N2O4Ti. The topological polar surface area (TPSA) is 79.8 Å². The first-order chi connectivity index (χ1) is 44.6. The van der Waals surface area contributed by atoms with Gasteiger partial charge >= 0.3 is 35.6 Å². The molecule has 10 aromatic rings. The molecule has 0 spiro atoms. The maximum absolute atomic E-state index is 15.3. The van der Waals surface area contributed by atoms with E-state index in [1.807, 2.05) is 13.0 Å². The van der Waals surface area contributed by atoms with Gasteiger partial charge < -0.3 is 29.2 Å². The molecule has 0 aliphatic heterocycles. The molecule has 11 heteroatoms. The van der Waals surface area contributed by atoms with Crippen molar-refractivity contribution in [1.82, 2.24) is 9.13 Å². The van der Waals surface area contributed by atoms with Crippen LogP contribution in [0.1, 0.15) is 229 Å². The number of phenolic OH excluding ortho intramolecular Hbond substituents is 3. The van der Waals surface area contributed by atoms with Crippen LogP contribution in [-0.4, -0.2) is 31.1 Å². The number of fused-ring (bicyclic) bond motifs is 6. The van der Waals surface area contributed by atoms with Crippen molar-refractivity contribution in [2.75, 3.05) is 6.61 Å². The first kappa shape index (κ1) is 76.5. The van der Waals surface area contributed by atoms with Crippen LogP contribution in [0, 0.1) is 36.3 Å². The third kappa shape index (κ3) is 16.8. The Labute approximate surface area is 595 Å². The van der Waals surface area contributed by atoms with E-state index >= 15 is 4.39 Å². The molecule has 0 amide bonds. The van der Waals surface area contributed by atoms with E-state index in [1.54, 1.807) is 6.92 Å². The van der Waals surface area contributed by atoms with Gasteiger partial charge in [-0.25, -0.2) is 8.78 Å². The quantitative estimate of drug-likeness (QED) is 0.0841. The van der Waals surface area contributed by atoms with Crippen LogP contribution in [0.25, 0.3) is 77.2 Å². The molecule has 0 atom stereocenters. The Morgan fingerprint density at radius 2 is 0.691 bits per heavy atom. The fourth-order valence-corrected chi connectivity index (χ4v) is 14.4. The van der Waals surface area contributed by atoms with E-state index in [2.05, 4.69) is 259 Å². The van der Waals surface area contributed by atoms with Crippen molar-refractivity contribution in [2.45, 2.75) is 231 Å². The number of aromatic nitrogens is 2. The second kappa shape index (κ2) is 28.0. The van der Waals surface area contributed by atoms with Crippen molar-refractivity contribution in [3.8, 4) is 56.6 Å². The van der Waals surface area contributed by atoms with Gasteiger partial charge in [-0.1, -0.05) is 214 Å². The van der Waals surface area contributed by atoms with Crippen LogP contribution in [0.5, 0.6) is 23.0 Å². The first-order valence-corrected chi connectivity index (χ1v) is 38.8. The molecule has 0 saturated heterocycles. The van der Waals surface area contributed by atoms with Crippen LogP contribution in [0.2, 0.25) is 0 Å². The number of halogens is 4. The molecule has 0 aliphatic rings. The van der Waals surface area contributed by atoms with Gasteiger partial charge in [0.15, 0.2) is 0 Å². The molecule has 0 aliphatic carbocycles. The van der Waals surface area contributed by atoms with Gasteiger partial charge in [-0.3, -0.25) is 0 Å². The minimum atomic E-state index is -0.556. The van der Waals surface area contributed by atoms with Crippen molar-refractivity contribution in [3.63, 3.8) is 0 Å². The first-order valence-electron chi connectivity index (χ1n) is 34.5. The average molecular weight is 1390 g/mol. The molecule has 3 N–H and O–H groups in total. The Morgan fingerprint density at radius 1 is 0.392 bits per heavy atom. The molecule has 10 rings (SSSR count). The zero-order chi connectivity index (χ0) is 72.4. The number of aryl methyl sites for hydroxylation is 2. The number of benzene rings is 8. The van der Waals surface area contributed by atoms with E-state index in [0.29, 0.717) is 51.5 Å². The summed E-state index contributed by atoms with van der Waals surface area (Å²) in [5, 5.41) is 40.5. The summed E-state index contributed by atoms with van der Waals surface area (Å²) in [6, 6.07) is 40.7. The SMILES string of the molecule is CCCCOc1c(C)cc(F)cc1-c1cc(C(C)(C)CC(C)(C)C)cc(-n2c3cc(C(C)(C)C)ccc3c3ccc(C(C)(C)C)cc32)c1O.Cc1cc(F)cc(-c2cc(C(C)(C)CC(C)(C)C)cc(-n3c4cc(C(C)(C)C)ccc4c4ccc(C(C)(C)C)cc43)c2O)c1O.[Cl][Ti][Cl]. The number of nitrogens with zero attached hydrogens (tertiary/aromatic N) is 2. The van der Waals surface area contributed by atoms with Gasteiger partial charge in [0.05, 0.1) is 40.0 Å². The van der Waals surface area contributed by atoms with Gasteiger partial charge in [-0.2, -0.15) is 0 Å². The van der Waals surface area contributed by atoms with Crippen LogP contribution in [0.4, 0.5) is 8.78 Å². The second-order valence-electron chi connectivity index (χ2n) is 35.1. The van der Waals surface area contributed by atoms with Crippen LogP contribution in [0.15, 0.2) is 121 Å². The summed E-state index contributed by atoms with van der Waals surface area (Å²) >= 11 is -0.556. The van der Waals surface area contributed by atoms with E-state index in [1.165, 1.54) is 46.5 Å². The van der Waals surface area contributed by atoms with Gasteiger partial charge in [0.1, 0.15) is 34.6 Å². The Bertz CT molecular complexity index is 4420. The third-order valence-electron chi connectivity index (χ3n) is 19.0. The van der Waals surface area contributed by atoms with Crippen molar-refractivity contribution >= 4 is 62.2 Å². The number of phenols is 3. The number of ether oxygens (including phenoxy) is 1. The summed E-state index contributed by atoms with van der Waals surface area (Å²) in [5.41, 5.74) is 14.5. The molecule has 8 aromatic carbocycles. The second-order valence-corrected chi connectivity index (χ2v) is 37.7.